The van der Waals surface area contributed by atoms with Crippen molar-refractivity contribution in [1.82, 2.24) is 0 Å². The predicted octanol–water partition coefficient (Wildman–Crippen LogP) is 2.49. The predicted molar refractivity (Wildman–Crippen MR) is 35.4 cm³/mol. The monoisotopic (exact) mass is 121 g/mol. The minimum atomic E-state index is -0.909. The highest BCUT2D eigenvalue weighted by Gasteiger charge is 2.09. The van der Waals surface area contributed by atoms with Gasteiger partial charge in [0.15, 0.2) is 0 Å². The Bertz CT molecular complexity index is 59.1. The van der Waals surface area contributed by atoms with Crippen molar-refractivity contribution in [2.45, 2.75) is 26.9 Å². The first-order valence-electron chi connectivity index (χ1n) is 2.04. The van der Waals surface area contributed by atoms with Crippen molar-refractivity contribution in [3.8, 4) is 0 Å². The van der Waals surface area contributed by atoms with Gasteiger partial charge in [-0.05, 0) is 13.8 Å². The molecule has 0 fully saturated rings. The summed E-state index contributed by atoms with van der Waals surface area (Å²) in [6.45, 7) is 5.66. The standard InChI is InChI=1S/C4H10OP.CH4/c1-4(2)6(3)5;/h4H,1-3H3;1H4/q+1;. The molecule has 44 valence electrons. The summed E-state index contributed by atoms with van der Waals surface area (Å²) in [5.41, 5.74) is 0.361. The van der Waals surface area contributed by atoms with Crippen LogP contribution in [0.5, 0.6) is 0 Å². The van der Waals surface area contributed by atoms with Crippen molar-refractivity contribution in [3.63, 3.8) is 0 Å². The largest absolute Gasteiger partial charge is 0.338 e. The minimum absolute atomic E-state index is 0. The molecular weight excluding hydrogens is 107 g/mol. The lowest BCUT2D eigenvalue weighted by Crippen LogP contribution is -1.80. The SMILES string of the molecule is C.CC(C)[P+](C)=O. The minimum Gasteiger partial charge on any atom is -0.0776 e. The maximum Gasteiger partial charge on any atom is 0.338 e. The molecule has 0 rings (SSSR count). The van der Waals surface area contributed by atoms with Crippen LogP contribution >= 0.6 is 7.80 Å². The summed E-state index contributed by atoms with van der Waals surface area (Å²) in [5, 5.41) is 0. The van der Waals surface area contributed by atoms with Gasteiger partial charge >= 0.3 is 7.80 Å². The number of rotatable bonds is 1. The van der Waals surface area contributed by atoms with Gasteiger partial charge in [0.2, 0.25) is 0 Å². The van der Waals surface area contributed by atoms with Crippen molar-refractivity contribution >= 4 is 7.80 Å². The van der Waals surface area contributed by atoms with Crippen molar-refractivity contribution in [3.05, 3.63) is 0 Å². The second-order valence-corrected chi connectivity index (χ2v) is 3.77. The van der Waals surface area contributed by atoms with Crippen LogP contribution < -0.4 is 0 Å². The Kier molecular flexibility index (Phi) is 6.19. The molecule has 0 radical (unpaired) electrons. The molecule has 0 bridgehead atoms. The maximum absolute atomic E-state index is 10.3. The van der Waals surface area contributed by atoms with Gasteiger partial charge in [-0.25, -0.2) is 0 Å². The van der Waals surface area contributed by atoms with Crippen molar-refractivity contribution in [2.24, 2.45) is 0 Å². The normalized spacial score (nSPS) is 10.6. The smallest absolute Gasteiger partial charge is 0.0776 e. The zero-order chi connectivity index (χ0) is 5.15. The molecule has 1 nitrogen and oxygen atoms in total. The van der Waals surface area contributed by atoms with Gasteiger partial charge in [0.1, 0.15) is 12.3 Å². The van der Waals surface area contributed by atoms with E-state index < -0.39 is 7.80 Å². The van der Waals surface area contributed by atoms with Crippen LogP contribution in [0.25, 0.3) is 0 Å². The molecule has 0 saturated carbocycles. The van der Waals surface area contributed by atoms with E-state index in [0.717, 1.165) is 0 Å². The topological polar surface area (TPSA) is 17.1 Å². The van der Waals surface area contributed by atoms with Gasteiger partial charge in [-0.1, -0.05) is 12.0 Å². The van der Waals surface area contributed by atoms with Crippen molar-refractivity contribution in [2.75, 3.05) is 6.66 Å². The maximum atomic E-state index is 10.3. The summed E-state index contributed by atoms with van der Waals surface area (Å²) >= 11 is 0. The van der Waals surface area contributed by atoms with E-state index in [9.17, 15) is 4.57 Å². The van der Waals surface area contributed by atoms with Crippen LogP contribution in [0, 0.1) is 0 Å². The van der Waals surface area contributed by atoms with Crippen LogP contribution in [0.2, 0.25) is 0 Å². The molecule has 1 atom stereocenters. The van der Waals surface area contributed by atoms with Gasteiger partial charge in [0.25, 0.3) is 0 Å². The molecule has 0 aromatic heterocycles. The summed E-state index contributed by atoms with van der Waals surface area (Å²) in [4.78, 5) is 0. The lowest BCUT2D eigenvalue weighted by molar-refractivity contribution is 0.586. The Balaban J connectivity index is 0. The summed E-state index contributed by atoms with van der Waals surface area (Å²) in [6.07, 6.45) is 0. The van der Waals surface area contributed by atoms with Gasteiger partial charge in [0, 0.05) is 0 Å². The van der Waals surface area contributed by atoms with Crippen LogP contribution in [0.3, 0.4) is 0 Å². The van der Waals surface area contributed by atoms with Crippen molar-refractivity contribution < 1.29 is 4.57 Å². The Labute approximate surface area is 46.9 Å². The van der Waals surface area contributed by atoms with E-state index in [2.05, 4.69) is 0 Å². The molecule has 7 heavy (non-hydrogen) atoms. The molecular formula is C5H14OP+. The second kappa shape index (κ2) is 4.26. The average molecular weight is 121 g/mol. The average Bonchev–Trinajstić information content (AvgIpc) is 1.36. The Hall–Kier alpha value is 0.100. The van der Waals surface area contributed by atoms with E-state index >= 15 is 0 Å². The molecule has 0 N–H and O–H groups in total. The lowest BCUT2D eigenvalue weighted by atomic mass is 10.6. The third kappa shape index (κ3) is 6.10. The molecule has 0 saturated heterocycles. The van der Waals surface area contributed by atoms with Crippen LogP contribution in [0.1, 0.15) is 21.3 Å². The van der Waals surface area contributed by atoms with Crippen LogP contribution in [0.15, 0.2) is 0 Å². The highest BCUT2D eigenvalue weighted by Crippen LogP contribution is 2.20. The fourth-order valence-corrected chi connectivity index (χ4v) is 0. The first kappa shape index (κ1) is 10.2. The molecule has 0 heterocycles. The number of hydrogen-bond acceptors (Lipinski definition) is 1. The van der Waals surface area contributed by atoms with E-state index in [1.807, 2.05) is 13.8 Å². The third-order valence-corrected chi connectivity index (χ3v) is 2.18. The first-order valence-corrected chi connectivity index (χ1v) is 3.82. The molecule has 0 aliphatic heterocycles. The fourth-order valence-electron chi connectivity index (χ4n) is 0. The van der Waals surface area contributed by atoms with Gasteiger partial charge in [-0.3, -0.25) is 0 Å². The second-order valence-electron chi connectivity index (χ2n) is 1.64. The zero-order valence-electron chi connectivity index (χ0n) is 4.43. The molecule has 0 spiro atoms. The third-order valence-electron chi connectivity index (χ3n) is 0.727. The number of hydrogen-bond donors (Lipinski definition) is 0. The summed E-state index contributed by atoms with van der Waals surface area (Å²) < 4.78 is 10.3. The van der Waals surface area contributed by atoms with Gasteiger partial charge in [-0.15, -0.1) is 0 Å². The molecule has 0 aromatic carbocycles. The molecule has 0 aromatic rings. The summed E-state index contributed by atoms with van der Waals surface area (Å²) in [6, 6.07) is 0. The Morgan fingerprint density at radius 2 is 1.57 bits per heavy atom. The van der Waals surface area contributed by atoms with Crippen molar-refractivity contribution in [1.29, 1.82) is 0 Å². The van der Waals surface area contributed by atoms with Crippen LogP contribution in [-0.2, 0) is 4.57 Å². The summed E-state index contributed by atoms with van der Waals surface area (Å²) in [5.74, 6) is 0. The van der Waals surface area contributed by atoms with Gasteiger partial charge in [-0.2, -0.15) is 0 Å². The zero-order valence-corrected chi connectivity index (χ0v) is 5.33. The van der Waals surface area contributed by atoms with E-state index in [0.29, 0.717) is 5.66 Å². The molecule has 2 heteroatoms. The molecule has 0 amide bonds. The fraction of sp³-hybridized carbons (Fsp3) is 1.00. The van der Waals surface area contributed by atoms with Gasteiger partial charge < -0.3 is 0 Å². The molecule has 0 aliphatic rings. The lowest BCUT2D eigenvalue weighted by Gasteiger charge is -1.77. The van der Waals surface area contributed by atoms with E-state index in [4.69, 9.17) is 0 Å². The Morgan fingerprint density at radius 3 is 1.57 bits per heavy atom. The highest BCUT2D eigenvalue weighted by molar-refractivity contribution is 7.44. The molecule has 1 unspecified atom stereocenters. The molecule has 0 aliphatic carbocycles. The van der Waals surface area contributed by atoms with Gasteiger partial charge in [0.05, 0.1) is 0 Å². The Morgan fingerprint density at radius 1 is 1.43 bits per heavy atom. The highest BCUT2D eigenvalue weighted by atomic mass is 31.1. The van der Waals surface area contributed by atoms with Crippen LogP contribution in [-0.4, -0.2) is 12.3 Å². The van der Waals surface area contributed by atoms with E-state index in [1.54, 1.807) is 6.66 Å². The van der Waals surface area contributed by atoms with E-state index in [1.165, 1.54) is 0 Å². The quantitative estimate of drug-likeness (QED) is 0.487. The first-order chi connectivity index (χ1) is 2.64. The van der Waals surface area contributed by atoms with Crippen LogP contribution in [0.4, 0.5) is 0 Å². The van der Waals surface area contributed by atoms with E-state index in [-0.39, 0.29) is 7.43 Å². The summed E-state index contributed by atoms with van der Waals surface area (Å²) in [7, 11) is -0.909.